The van der Waals surface area contributed by atoms with E-state index in [1.807, 2.05) is 0 Å². The Labute approximate surface area is 84.3 Å². The molecule has 0 spiro atoms. The molecule has 0 N–H and O–H groups in total. The Hall–Kier alpha value is 0.137. The van der Waals surface area contributed by atoms with Crippen LogP contribution in [0.15, 0.2) is 0 Å². The molecule has 0 saturated heterocycles. The van der Waals surface area contributed by atoms with Gasteiger partial charge in [0.05, 0.1) is 14.8 Å². The van der Waals surface area contributed by atoms with Crippen LogP contribution >= 0.6 is 0 Å². The predicted molar refractivity (Wildman–Crippen MR) is 61.7 cm³/mol. The van der Waals surface area contributed by atoms with Crippen molar-refractivity contribution in [1.29, 1.82) is 0 Å². The van der Waals surface area contributed by atoms with Crippen molar-refractivity contribution in [2.45, 2.75) is 45.6 Å². The lowest BCUT2D eigenvalue weighted by Crippen LogP contribution is -2.50. The molecule has 13 heavy (non-hydrogen) atoms. The van der Waals surface area contributed by atoms with E-state index in [0.29, 0.717) is 5.67 Å². The van der Waals surface area contributed by atoms with E-state index in [4.69, 9.17) is 4.74 Å². The van der Waals surface area contributed by atoms with Crippen molar-refractivity contribution >= 4 is 8.07 Å². The van der Waals surface area contributed by atoms with Crippen LogP contribution < -0.4 is 0 Å². The summed E-state index contributed by atoms with van der Waals surface area (Å²) in [7, 11) is 0.725. The van der Waals surface area contributed by atoms with Gasteiger partial charge in [0.1, 0.15) is 0 Å². The molecule has 0 aromatic heterocycles. The van der Waals surface area contributed by atoms with Crippen LogP contribution in [0.1, 0.15) is 20.3 Å². The van der Waals surface area contributed by atoms with E-state index in [2.05, 4.69) is 38.4 Å². The van der Waals surface area contributed by atoms with Crippen LogP contribution in [-0.4, -0.2) is 39.0 Å². The summed E-state index contributed by atoms with van der Waals surface area (Å²) in [6.45, 7) is 13.7. The SMILES string of the molecule is CCCN(COC)C(C)[Si](C)(C)C. The molecule has 0 radical (unpaired) electrons. The monoisotopic (exact) mass is 203 g/mol. The Morgan fingerprint density at radius 2 is 1.85 bits per heavy atom. The third-order valence-corrected chi connectivity index (χ3v) is 5.48. The average Bonchev–Trinajstić information content (AvgIpc) is 2.01. The average molecular weight is 203 g/mol. The van der Waals surface area contributed by atoms with E-state index in [0.717, 1.165) is 13.3 Å². The molecule has 0 aliphatic rings. The smallest absolute Gasteiger partial charge is 0.0986 e. The molecule has 0 aliphatic carbocycles. The number of nitrogens with zero attached hydrogens (tertiary/aromatic N) is 1. The van der Waals surface area contributed by atoms with Crippen molar-refractivity contribution in [3.8, 4) is 0 Å². The van der Waals surface area contributed by atoms with Crippen LogP contribution in [0.25, 0.3) is 0 Å². The van der Waals surface area contributed by atoms with Crippen molar-refractivity contribution in [3.63, 3.8) is 0 Å². The molecule has 3 heteroatoms. The van der Waals surface area contributed by atoms with Crippen molar-refractivity contribution in [3.05, 3.63) is 0 Å². The van der Waals surface area contributed by atoms with Gasteiger partial charge in [-0.05, 0) is 13.0 Å². The molecule has 0 rings (SSSR count). The molecule has 0 amide bonds. The predicted octanol–water partition coefficient (Wildman–Crippen LogP) is 2.57. The Kier molecular flexibility index (Phi) is 5.84. The molecule has 0 aliphatic heterocycles. The molecule has 80 valence electrons. The first-order valence-corrected chi connectivity index (χ1v) is 8.74. The summed E-state index contributed by atoms with van der Waals surface area (Å²) in [5.74, 6) is 0. The van der Waals surface area contributed by atoms with Gasteiger partial charge in [0.15, 0.2) is 0 Å². The van der Waals surface area contributed by atoms with E-state index in [-0.39, 0.29) is 0 Å². The minimum atomic E-state index is -1.05. The normalized spacial score (nSPS) is 15.0. The maximum atomic E-state index is 5.22. The van der Waals surface area contributed by atoms with Crippen LogP contribution in [0.5, 0.6) is 0 Å². The molecule has 0 aromatic rings. The Morgan fingerprint density at radius 3 is 2.15 bits per heavy atom. The van der Waals surface area contributed by atoms with Crippen molar-refractivity contribution < 1.29 is 4.74 Å². The maximum Gasteiger partial charge on any atom is 0.0986 e. The van der Waals surface area contributed by atoms with E-state index in [1.165, 1.54) is 6.42 Å². The lowest BCUT2D eigenvalue weighted by Gasteiger charge is -2.36. The summed E-state index contributed by atoms with van der Waals surface area (Å²) >= 11 is 0. The van der Waals surface area contributed by atoms with Gasteiger partial charge in [0.2, 0.25) is 0 Å². The Bertz CT molecular complexity index is 127. The molecule has 0 fully saturated rings. The first-order chi connectivity index (χ1) is 5.93. The first-order valence-electron chi connectivity index (χ1n) is 5.16. The van der Waals surface area contributed by atoms with Gasteiger partial charge in [-0.3, -0.25) is 4.90 Å². The highest BCUT2D eigenvalue weighted by molar-refractivity contribution is 6.77. The van der Waals surface area contributed by atoms with E-state index < -0.39 is 8.07 Å². The van der Waals surface area contributed by atoms with Crippen LogP contribution in [0, 0.1) is 0 Å². The van der Waals surface area contributed by atoms with Gasteiger partial charge < -0.3 is 4.74 Å². The van der Waals surface area contributed by atoms with Crippen LogP contribution in [0.3, 0.4) is 0 Å². The number of methoxy groups -OCH3 is 1. The third kappa shape index (κ3) is 4.79. The molecule has 1 unspecified atom stereocenters. The van der Waals surface area contributed by atoms with Crippen molar-refractivity contribution in [1.82, 2.24) is 4.90 Å². The molecule has 1 atom stereocenters. The summed E-state index contributed by atoms with van der Waals surface area (Å²) in [5.41, 5.74) is 0.701. The summed E-state index contributed by atoms with van der Waals surface area (Å²) < 4.78 is 5.22. The van der Waals surface area contributed by atoms with Crippen molar-refractivity contribution in [2.75, 3.05) is 20.4 Å². The quantitative estimate of drug-likeness (QED) is 0.486. The van der Waals surface area contributed by atoms with Gasteiger partial charge in [-0.25, -0.2) is 0 Å². The fourth-order valence-corrected chi connectivity index (χ4v) is 2.67. The van der Waals surface area contributed by atoms with Gasteiger partial charge in [-0.1, -0.05) is 33.5 Å². The second-order valence-corrected chi connectivity index (χ2v) is 10.3. The zero-order valence-electron chi connectivity index (χ0n) is 10.1. The summed E-state index contributed by atoms with van der Waals surface area (Å²) in [4.78, 5) is 2.45. The zero-order valence-corrected chi connectivity index (χ0v) is 11.1. The lowest BCUT2D eigenvalue weighted by atomic mass is 10.4. The molecule has 0 heterocycles. The summed E-state index contributed by atoms with van der Waals surface area (Å²) in [6.07, 6.45) is 1.21. The lowest BCUT2D eigenvalue weighted by molar-refractivity contribution is 0.0550. The second-order valence-electron chi connectivity index (χ2n) is 4.77. The van der Waals surface area contributed by atoms with Gasteiger partial charge in [-0.15, -0.1) is 0 Å². The van der Waals surface area contributed by atoms with Gasteiger partial charge >= 0.3 is 0 Å². The third-order valence-electron chi connectivity index (χ3n) is 2.61. The topological polar surface area (TPSA) is 12.5 Å². The Balaban J connectivity index is 4.18. The molecule has 0 bridgehead atoms. The van der Waals surface area contributed by atoms with E-state index >= 15 is 0 Å². The van der Waals surface area contributed by atoms with Crippen LogP contribution in [0.4, 0.5) is 0 Å². The van der Waals surface area contributed by atoms with Gasteiger partial charge in [0, 0.05) is 12.8 Å². The van der Waals surface area contributed by atoms with Crippen LogP contribution in [0.2, 0.25) is 19.6 Å². The number of hydrogen-bond acceptors (Lipinski definition) is 2. The first kappa shape index (κ1) is 13.1. The molecule has 0 aromatic carbocycles. The highest BCUT2D eigenvalue weighted by atomic mass is 28.3. The number of rotatable bonds is 6. The fraction of sp³-hybridized carbons (Fsp3) is 1.00. The minimum Gasteiger partial charge on any atom is -0.369 e. The minimum absolute atomic E-state index is 0.701. The van der Waals surface area contributed by atoms with E-state index in [1.54, 1.807) is 7.11 Å². The highest BCUT2D eigenvalue weighted by Crippen LogP contribution is 2.14. The van der Waals surface area contributed by atoms with Crippen molar-refractivity contribution in [2.24, 2.45) is 0 Å². The molecule has 0 saturated carbocycles. The second kappa shape index (κ2) is 5.78. The van der Waals surface area contributed by atoms with E-state index in [9.17, 15) is 0 Å². The van der Waals surface area contributed by atoms with Gasteiger partial charge in [0.25, 0.3) is 0 Å². The standard InChI is InChI=1S/C10H25NOSi/c1-7-8-11(9-12-3)10(2)13(4,5)6/h10H,7-9H2,1-6H3. The fourth-order valence-electron chi connectivity index (χ4n) is 1.37. The Morgan fingerprint density at radius 1 is 1.31 bits per heavy atom. The number of hydrogen-bond donors (Lipinski definition) is 0. The molecular weight excluding hydrogens is 178 g/mol. The zero-order chi connectivity index (χ0) is 10.5. The maximum absolute atomic E-state index is 5.22. The number of ether oxygens (including phenoxy) is 1. The molecular formula is C10H25NOSi. The molecule has 2 nitrogen and oxygen atoms in total. The summed E-state index contributed by atoms with van der Waals surface area (Å²) in [5, 5.41) is 0. The highest BCUT2D eigenvalue weighted by Gasteiger charge is 2.27. The van der Waals surface area contributed by atoms with Gasteiger partial charge in [-0.2, -0.15) is 0 Å². The summed E-state index contributed by atoms with van der Waals surface area (Å²) in [6, 6.07) is 0. The largest absolute Gasteiger partial charge is 0.369 e. The van der Waals surface area contributed by atoms with Crippen LogP contribution in [-0.2, 0) is 4.74 Å².